The Bertz CT molecular complexity index is 3420. The highest BCUT2D eigenvalue weighted by molar-refractivity contribution is 5.88. The molecular formula is C65H79F4N13O5. The standard InChI is InChI=1S/C65H79F4N13O5/c1-5-54(83)77-27-23-74(24-28-77)50-35-80-46(50)12-7-10-44-48(80)31-52(72-57(44)61(66)67)76-20-16-63(17-21-76)60-41(3)34-71-82(60)43(37-86-63)9-6-14-55(84)78-29-25-75(26-30-78)51-36-81-47(51)13-8-11-45-49(81)32-53(73-58(45)62(68)69)79-22-18-64(33-42(79)4)56-40(2)15-19-70-59(56)65(87-64)38-85-39-65/h5-6,8,11,14-15,19,31-32,34,42-43,46-47,50-51,61-62H,1,7,9-10,12-13,16-18,20-30,33,35-39H2,2-4H3/b14-6+/t42?,43?,46?,47?,50?,51-,64?/m1/s1. The number of halogens is 4. The second-order valence-electron chi connectivity index (χ2n) is 26.4. The Labute approximate surface area is 505 Å². The molecule has 4 aromatic heterocycles. The second kappa shape index (κ2) is 21.9. The van der Waals surface area contributed by atoms with E-state index in [4.69, 9.17) is 34.3 Å². The van der Waals surface area contributed by atoms with Crippen LogP contribution in [0, 0.1) is 13.8 Å². The first kappa shape index (κ1) is 57.0. The van der Waals surface area contributed by atoms with E-state index in [1.807, 2.05) is 52.6 Å². The van der Waals surface area contributed by atoms with E-state index >= 15 is 8.78 Å². The van der Waals surface area contributed by atoms with E-state index < -0.39 is 29.7 Å². The number of piperazine rings is 2. The van der Waals surface area contributed by atoms with Crippen LogP contribution in [0.3, 0.4) is 0 Å². The Morgan fingerprint density at radius 3 is 2.14 bits per heavy atom. The summed E-state index contributed by atoms with van der Waals surface area (Å²) in [5.41, 5.74) is 6.29. The average Bonchev–Trinajstić information content (AvgIpc) is 1.60. The summed E-state index contributed by atoms with van der Waals surface area (Å²) in [6, 6.07) is 6.84. The Morgan fingerprint density at radius 2 is 1.45 bits per heavy atom. The summed E-state index contributed by atoms with van der Waals surface area (Å²) in [6.07, 6.45) is 13.5. The molecule has 87 heavy (non-hydrogen) atoms. The fourth-order valence-corrected chi connectivity index (χ4v) is 17.2. The molecule has 22 heteroatoms. The number of ether oxygens (including phenoxy) is 3. The van der Waals surface area contributed by atoms with Gasteiger partial charge in [-0.1, -0.05) is 24.8 Å². The Balaban J connectivity index is 0.559. The summed E-state index contributed by atoms with van der Waals surface area (Å²) in [5, 5.41) is 4.88. The van der Waals surface area contributed by atoms with Crippen LogP contribution in [0.1, 0.15) is 128 Å². The number of fused-ring (bicyclic) bond motifs is 11. The molecule has 7 saturated heterocycles. The minimum absolute atomic E-state index is 0.0271. The van der Waals surface area contributed by atoms with Gasteiger partial charge in [-0.3, -0.25) is 29.1 Å². The van der Waals surface area contributed by atoms with Crippen molar-refractivity contribution in [2.75, 3.05) is 125 Å². The molecular weight excluding hydrogens is 1120 g/mol. The SMILES string of the molecule is C=CC(=O)N1CCN(C2CN3c4cc(N5CCC6(CC5)OCC(C/C=C/C(=O)N5CCN([C@@H]7CN8c9cc(N%10CCC%11(CC%10C)OC%10(COC%10)c%10nccc(C)c%10%11)nc(C(F)F)c9C=CCC78)CC5)n5ncc(C)c56)nc(C(F)F)c4CCCC23)CC1. The molecule has 6 unspecified atom stereocenters. The van der Waals surface area contributed by atoms with Crippen LogP contribution in [-0.2, 0) is 47.0 Å². The van der Waals surface area contributed by atoms with Crippen LogP contribution < -0.4 is 19.6 Å². The van der Waals surface area contributed by atoms with E-state index in [2.05, 4.69) is 67.5 Å². The zero-order valence-corrected chi connectivity index (χ0v) is 50.1. The number of rotatable bonds is 10. The van der Waals surface area contributed by atoms with E-state index in [1.54, 1.807) is 6.08 Å². The predicted octanol–water partition coefficient (Wildman–Crippen LogP) is 7.76. The fourth-order valence-electron chi connectivity index (χ4n) is 17.2. The molecule has 0 aliphatic carbocycles. The molecule has 7 fully saturated rings. The molecule has 18 nitrogen and oxygen atoms in total. The van der Waals surface area contributed by atoms with Crippen molar-refractivity contribution >= 4 is 40.9 Å². The minimum Gasteiger partial charge on any atom is -0.374 e. The molecule has 15 rings (SSSR count). The molecule has 2 amide bonds. The highest BCUT2D eigenvalue weighted by Crippen LogP contribution is 2.57. The van der Waals surface area contributed by atoms with Crippen LogP contribution in [0.25, 0.3) is 6.08 Å². The topological polar surface area (TPSA) is 144 Å². The van der Waals surface area contributed by atoms with Gasteiger partial charge in [-0.2, -0.15) is 5.10 Å². The number of allylic oxidation sites excluding steroid dienone is 1. The monoisotopic (exact) mass is 1200 g/mol. The molecule has 15 heterocycles. The number of aryl methyl sites for hydroxylation is 2. The number of alkyl halides is 4. The molecule has 0 radical (unpaired) electrons. The maximum atomic E-state index is 15.1. The number of hydrogen-bond donors (Lipinski definition) is 0. The van der Waals surface area contributed by atoms with Gasteiger partial charge in [-0.25, -0.2) is 27.5 Å². The van der Waals surface area contributed by atoms with Crippen molar-refractivity contribution in [3.8, 4) is 0 Å². The minimum atomic E-state index is -2.74. The highest BCUT2D eigenvalue weighted by Gasteiger charge is 2.61. The van der Waals surface area contributed by atoms with Crippen molar-refractivity contribution in [1.82, 2.24) is 44.3 Å². The predicted molar refractivity (Wildman–Crippen MR) is 320 cm³/mol. The summed E-state index contributed by atoms with van der Waals surface area (Å²) in [7, 11) is 0. The number of hydrogen-bond acceptors (Lipinski definition) is 15. The number of nitrogens with zero attached hydrogens (tertiary/aromatic N) is 13. The van der Waals surface area contributed by atoms with Gasteiger partial charge in [0.1, 0.15) is 34.2 Å². The summed E-state index contributed by atoms with van der Waals surface area (Å²) in [4.78, 5) is 58.0. The molecule has 462 valence electrons. The molecule has 0 N–H and O–H groups in total. The first-order valence-electron chi connectivity index (χ1n) is 31.8. The number of piperidine rings is 2. The number of carbonyl (C=O) groups is 2. The Kier molecular flexibility index (Phi) is 14.4. The molecule has 4 aromatic rings. The van der Waals surface area contributed by atoms with Crippen molar-refractivity contribution in [2.24, 2.45) is 0 Å². The van der Waals surface area contributed by atoms with Gasteiger partial charge in [0, 0.05) is 162 Å². The smallest absolute Gasteiger partial charge is 0.281 e. The van der Waals surface area contributed by atoms with Crippen LogP contribution >= 0.6 is 0 Å². The van der Waals surface area contributed by atoms with Crippen LogP contribution in [0.4, 0.5) is 40.6 Å². The average molecular weight is 1200 g/mol. The van der Waals surface area contributed by atoms with Crippen molar-refractivity contribution < 1.29 is 41.4 Å². The van der Waals surface area contributed by atoms with Gasteiger partial charge in [0.15, 0.2) is 5.60 Å². The van der Waals surface area contributed by atoms with Crippen molar-refractivity contribution in [1.29, 1.82) is 0 Å². The summed E-state index contributed by atoms with van der Waals surface area (Å²) in [5.74, 6) is 1.09. The van der Waals surface area contributed by atoms with E-state index in [-0.39, 0.29) is 53.4 Å². The number of pyridine rings is 3. The van der Waals surface area contributed by atoms with Crippen molar-refractivity contribution in [3.63, 3.8) is 0 Å². The van der Waals surface area contributed by atoms with Crippen LogP contribution in [0.5, 0.6) is 0 Å². The zero-order chi connectivity index (χ0) is 59.7. The maximum Gasteiger partial charge on any atom is 0.281 e. The fraction of sp³-hybridized carbons (Fsp3) is 0.600. The molecule has 0 saturated carbocycles. The van der Waals surface area contributed by atoms with E-state index in [1.165, 1.54) is 6.08 Å². The lowest BCUT2D eigenvalue weighted by atomic mass is 9.79. The van der Waals surface area contributed by atoms with Crippen LogP contribution in [0.2, 0.25) is 0 Å². The lowest BCUT2D eigenvalue weighted by Gasteiger charge is -2.55. The molecule has 3 spiro atoms. The van der Waals surface area contributed by atoms with Gasteiger partial charge in [-0.15, -0.1) is 0 Å². The lowest BCUT2D eigenvalue weighted by Crippen LogP contribution is -2.69. The second-order valence-corrected chi connectivity index (χ2v) is 26.4. The highest BCUT2D eigenvalue weighted by atomic mass is 19.3. The van der Waals surface area contributed by atoms with Gasteiger partial charge in [-0.05, 0) is 101 Å². The van der Waals surface area contributed by atoms with Gasteiger partial charge in [0.25, 0.3) is 12.9 Å². The third-order valence-electron chi connectivity index (χ3n) is 21.8. The molecule has 11 aliphatic heterocycles. The Hall–Kier alpha value is -6.46. The van der Waals surface area contributed by atoms with Gasteiger partial charge in [0.05, 0.1) is 49.1 Å². The molecule has 0 aromatic carbocycles. The number of carbonyl (C=O) groups excluding carboxylic acids is 2. The first-order valence-corrected chi connectivity index (χ1v) is 31.8. The van der Waals surface area contributed by atoms with Crippen molar-refractivity contribution in [2.45, 2.75) is 144 Å². The first-order chi connectivity index (χ1) is 42.1. The number of anilines is 4. The number of amides is 2. The zero-order valence-electron chi connectivity index (χ0n) is 50.1. The Morgan fingerprint density at radius 1 is 0.770 bits per heavy atom. The third-order valence-corrected chi connectivity index (χ3v) is 21.8. The van der Waals surface area contributed by atoms with Gasteiger partial charge >= 0.3 is 0 Å². The van der Waals surface area contributed by atoms with Gasteiger partial charge in [0.2, 0.25) is 11.8 Å². The normalized spacial score (nSPS) is 29.1. The summed E-state index contributed by atoms with van der Waals surface area (Å²) >= 11 is 0. The van der Waals surface area contributed by atoms with Crippen LogP contribution in [-0.4, -0.2) is 191 Å². The molecule has 11 aliphatic rings. The number of aromatic nitrogens is 5. The third kappa shape index (κ3) is 9.40. The van der Waals surface area contributed by atoms with Gasteiger partial charge < -0.3 is 43.6 Å². The quantitative estimate of drug-likeness (QED) is 0.113. The molecule has 0 bridgehead atoms. The van der Waals surface area contributed by atoms with E-state index in [9.17, 15) is 18.4 Å². The van der Waals surface area contributed by atoms with E-state index in [0.29, 0.717) is 140 Å². The molecule has 7 atom stereocenters. The van der Waals surface area contributed by atoms with Crippen molar-refractivity contribution in [3.05, 3.63) is 112 Å². The lowest BCUT2D eigenvalue weighted by molar-refractivity contribution is -0.262. The summed E-state index contributed by atoms with van der Waals surface area (Å²) < 4.78 is 81.8. The largest absolute Gasteiger partial charge is 0.374 e. The maximum absolute atomic E-state index is 15.1. The van der Waals surface area contributed by atoms with Crippen LogP contribution in [0.15, 0.2) is 61.5 Å². The summed E-state index contributed by atoms with van der Waals surface area (Å²) in [6.45, 7) is 20.1. The van der Waals surface area contributed by atoms with E-state index in [0.717, 1.165) is 91.4 Å².